The van der Waals surface area contributed by atoms with Crippen molar-refractivity contribution in [2.45, 2.75) is 19.4 Å². The molecule has 7 heteroatoms. The van der Waals surface area contributed by atoms with Crippen molar-refractivity contribution in [3.63, 3.8) is 0 Å². The lowest BCUT2D eigenvalue weighted by molar-refractivity contribution is -0.136. The van der Waals surface area contributed by atoms with E-state index in [1.165, 1.54) is 0 Å². The molecule has 1 unspecified atom stereocenters. The smallest absolute Gasteiger partial charge is 0.337 e. The van der Waals surface area contributed by atoms with E-state index in [-0.39, 0.29) is 12.2 Å². The van der Waals surface area contributed by atoms with Crippen molar-refractivity contribution >= 4 is 43.4 Å². The summed E-state index contributed by atoms with van der Waals surface area (Å²) in [4.78, 5) is 12.4. The van der Waals surface area contributed by atoms with Crippen molar-refractivity contribution in [2.75, 3.05) is 20.3 Å². The lowest BCUT2D eigenvalue weighted by atomic mass is 9.94. The summed E-state index contributed by atoms with van der Waals surface area (Å²) in [6, 6.07) is 10.9. The summed E-state index contributed by atoms with van der Waals surface area (Å²) in [6.45, 7) is 2.82. The third kappa shape index (κ3) is 4.26. The van der Waals surface area contributed by atoms with Crippen molar-refractivity contribution in [2.24, 2.45) is 0 Å². The average molecular weight is 512 g/mol. The monoisotopic (exact) mass is 510 g/mol. The first-order chi connectivity index (χ1) is 13.5. The SMILES string of the molecule is CCCOc1ccc(C2=C(C(O)c3cc(Br)c(OC)c(Br)c3)C(=O)OC2)cc1. The molecule has 2 aromatic rings. The molecule has 0 radical (unpaired) electrons. The number of carbonyl (C=O) groups is 1. The van der Waals surface area contributed by atoms with Crippen LogP contribution in [0.4, 0.5) is 0 Å². The number of methoxy groups -OCH3 is 1. The van der Waals surface area contributed by atoms with Crippen LogP contribution in [0.3, 0.4) is 0 Å². The fourth-order valence-electron chi connectivity index (χ4n) is 3.00. The van der Waals surface area contributed by atoms with Crippen molar-refractivity contribution in [1.82, 2.24) is 0 Å². The van der Waals surface area contributed by atoms with Gasteiger partial charge in [-0.2, -0.15) is 0 Å². The fraction of sp³-hybridized carbons (Fsp3) is 0.286. The Bertz CT molecular complexity index is 883. The molecule has 0 bridgehead atoms. The molecule has 1 atom stereocenters. The van der Waals surface area contributed by atoms with E-state index in [1.807, 2.05) is 31.2 Å². The van der Waals surface area contributed by atoms with Crippen LogP contribution >= 0.6 is 31.9 Å². The Morgan fingerprint density at radius 3 is 2.39 bits per heavy atom. The highest BCUT2D eigenvalue weighted by Gasteiger charge is 2.32. The van der Waals surface area contributed by atoms with Gasteiger partial charge in [0.05, 0.1) is 28.2 Å². The lowest BCUT2D eigenvalue weighted by Crippen LogP contribution is -2.10. The van der Waals surface area contributed by atoms with E-state index in [2.05, 4.69) is 31.9 Å². The van der Waals surface area contributed by atoms with Gasteiger partial charge >= 0.3 is 5.97 Å². The van der Waals surface area contributed by atoms with Crippen LogP contribution in [0.1, 0.15) is 30.6 Å². The molecule has 148 valence electrons. The molecular formula is C21H20Br2O5. The largest absolute Gasteiger partial charge is 0.494 e. The molecule has 1 aliphatic rings. The first kappa shape index (κ1) is 20.9. The first-order valence-electron chi connectivity index (χ1n) is 8.80. The molecule has 28 heavy (non-hydrogen) atoms. The number of hydrogen-bond donors (Lipinski definition) is 1. The molecular weight excluding hydrogens is 492 g/mol. The zero-order valence-electron chi connectivity index (χ0n) is 15.5. The van der Waals surface area contributed by atoms with Gasteiger partial charge in [0.1, 0.15) is 24.2 Å². The number of carbonyl (C=O) groups excluding carboxylic acids is 1. The number of ether oxygens (including phenoxy) is 3. The minimum atomic E-state index is -1.13. The standard InChI is InChI=1S/C21H20Br2O5/c1-3-8-27-14-6-4-12(5-7-14)15-11-28-21(25)18(15)19(24)13-9-16(22)20(26-2)17(23)10-13/h4-7,9-10,19,24H,3,8,11H2,1-2H3. The second kappa shape index (κ2) is 9.11. The Morgan fingerprint density at radius 1 is 1.18 bits per heavy atom. The summed E-state index contributed by atoms with van der Waals surface area (Å²) in [5.74, 6) is 0.861. The normalized spacial score (nSPS) is 14.8. The topological polar surface area (TPSA) is 65.0 Å². The van der Waals surface area contributed by atoms with E-state index in [9.17, 15) is 9.90 Å². The molecule has 0 saturated carbocycles. The number of rotatable bonds is 7. The molecule has 0 amide bonds. The van der Waals surface area contributed by atoms with Gasteiger partial charge in [-0.3, -0.25) is 0 Å². The molecule has 1 aliphatic heterocycles. The van der Waals surface area contributed by atoms with E-state index in [0.717, 1.165) is 17.7 Å². The maximum Gasteiger partial charge on any atom is 0.337 e. The number of hydrogen-bond acceptors (Lipinski definition) is 5. The van der Waals surface area contributed by atoms with Crippen molar-refractivity contribution in [3.8, 4) is 11.5 Å². The maximum absolute atomic E-state index is 12.4. The highest BCUT2D eigenvalue weighted by Crippen LogP contribution is 2.40. The average Bonchev–Trinajstić information content (AvgIpc) is 3.07. The summed E-state index contributed by atoms with van der Waals surface area (Å²) in [5, 5.41) is 10.9. The second-order valence-electron chi connectivity index (χ2n) is 6.26. The zero-order valence-corrected chi connectivity index (χ0v) is 18.7. The number of esters is 1. The minimum Gasteiger partial charge on any atom is -0.494 e. The number of halogens is 2. The van der Waals surface area contributed by atoms with Gasteiger partial charge in [-0.25, -0.2) is 4.79 Å². The molecule has 2 aromatic carbocycles. The van der Waals surface area contributed by atoms with Crippen LogP contribution < -0.4 is 9.47 Å². The van der Waals surface area contributed by atoms with E-state index < -0.39 is 12.1 Å². The Labute approximate surface area is 180 Å². The fourth-order valence-corrected chi connectivity index (χ4v) is 4.55. The second-order valence-corrected chi connectivity index (χ2v) is 7.97. The third-order valence-electron chi connectivity index (χ3n) is 4.38. The van der Waals surface area contributed by atoms with E-state index in [1.54, 1.807) is 19.2 Å². The number of aliphatic hydroxyl groups excluding tert-OH is 1. The van der Waals surface area contributed by atoms with Crippen LogP contribution in [0.5, 0.6) is 11.5 Å². The Hall–Kier alpha value is -1.83. The molecule has 3 rings (SSSR count). The molecule has 0 aromatic heterocycles. The van der Waals surface area contributed by atoms with Gasteiger partial charge in [0.2, 0.25) is 0 Å². The van der Waals surface area contributed by atoms with Gasteiger partial charge in [-0.15, -0.1) is 0 Å². The number of benzene rings is 2. The first-order valence-corrected chi connectivity index (χ1v) is 10.4. The van der Waals surface area contributed by atoms with Gasteiger partial charge in [-0.1, -0.05) is 19.1 Å². The molecule has 1 heterocycles. The number of cyclic esters (lactones) is 1. The van der Waals surface area contributed by atoms with Crippen LogP contribution in [0, 0.1) is 0 Å². The number of aliphatic hydroxyl groups is 1. The summed E-state index contributed by atoms with van der Waals surface area (Å²) in [6.07, 6.45) is -0.196. The summed E-state index contributed by atoms with van der Waals surface area (Å²) < 4.78 is 17.5. The van der Waals surface area contributed by atoms with Gasteiger partial charge in [0.15, 0.2) is 0 Å². The molecule has 0 aliphatic carbocycles. The highest BCUT2D eigenvalue weighted by atomic mass is 79.9. The Balaban J connectivity index is 1.96. The van der Waals surface area contributed by atoms with Crippen molar-refractivity contribution in [1.29, 1.82) is 0 Å². The van der Waals surface area contributed by atoms with Crippen LogP contribution in [-0.4, -0.2) is 31.4 Å². The quantitative estimate of drug-likeness (QED) is 0.527. The van der Waals surface area contributed by atoms with Crippen LogP contribution in [0.15, 0.2) is 50.9 Å². The molecule has 1 N–H and O–H groups in total. The van der Waals surface area contributed by atoms with Gasteiger partial charge in [0, 0.05) is 5.57 Å². The molecule has 0 fully saturated rings. The Kier molecular flexibility index (Phi) is 6.80. The maximum atomic E-state index is 12.4. The summed E-state index contributed by atoms with van der Waals surface area (Å²) >= 11 is 6.85. The minimum absolute atomic E-state index is 0.124. The zero-order chi connectivity index (χ0) is 20.3. The van der Waals surface area contributed by atoms with Crippen LogP contribution in [-0.2, 0) is 9.53 Å². The molecule has 0 spiro atoms. The summed E-state index contributed by atoms with van der Waals surface area (Å²) in [5.41, 5.74) is 2.28. The van der Waals surface area contributed by atoms with E-state index >= 15 is 0 Å². The van der Waals surface area contributed by atoms with Crippen molar-refractivity contribution < 1.29 is 24.1 Å². The van der Waals surface area contributed by atoms with E-state index in [0.29, 0.717) is 32.4 Å². The highest BCUT2D eigenvalue weighted by molar-refractivity contribution is 9.11. The van der Waals surface area contributed by atoms with Gasteiger partial charge in [-0.05, 0) is 73.7 Å². The van der Waals surface area contributed by atoms with Crippen molar-refractivity contribution in [3.05, 3.63) is 62.0 Å². The van der Waals surface area contributed by atoms with E-state index in [4.69, 9.17) is 14.2 Å². The predicted octanol–water partition coefficient (Wildman–Crippen LogP) is 5.05. The lowest BCUT2D eigenvalue weighted by Gasteiger charge is -2.15. The predicted molar refractivity (Wildman–Crippen MR) is 113 cm³/mol. The molecule has 5 nitrogen and oxygen atoms in total. The molecule has 0 saturated heterocycles. The third-order valence-corrected chi connectivity index (χ3v) is 5.56. The van der Waals surface area contributed by atoms with Gasteiger partial charge in [0.25, 0.3) is 0 Å². The Morgan fingerprint density at radius 2 is 1.82 bits per heavy atom. The summed E-state index contributed by atoms with van der Waals surface area (Å²) in [7, 11) is 1.56. The van der Waals surface area contributed by atoms with Gasteiger partial charge < -0.3 is 19.3 Å². The van der Waals surface area contributed by atoms with Crippen LogP contribution in [0.2, 0.25) is 0 Å². The van der Waals surface area contributed by atoms with Crippen LogP contribution in [0.25, 0.3) is 5.57 Å².